The van der Waals surface area contributed by atoms with Crippen LogP contribution >= 0.6 is 0 Å². The molecule has 3 aliphatic rings. The maximum atomic E-state index is 9.50. The second-order valence-corrected chi connectivity index (χ2v) is 6.94. The maximum absolute atomic E-state index is 9.50. The molecule has 3 nitrogen and oxygen atoms in total. The van der Waals surface area contributed by atoms with Crippen molar-refractivity contribution in [2.75, 3.05) is 19.7 Å². The van der Waals surface area contributed by atoms with Gasteiger partial charge in [-0.05, 0) is 63.3 Å². The highest BCUT2D eigenvalue weighted by Gasteiger charge is 2.40. The van der Waals surface area contributed by atoms with Crippen molar-refractivity contribution in [3.8, 4) is 0 Å². The molecule has 0 amide bonds. The highest BCUT2D eigenvalue weighted by Crippen LogP contribution is 2.38. The lowest BCUT2D eigenvalue weighted by molar-refractivity contribution is 0.141. The average molecular weight is 252 g/mol. The zero-order chi connectivity index (χ0) is 12.6. The topological polar surface area (TPSA) is 49.5 Å². The summed E-state index contributed by atoms with van der Waals surface area (Å²) in [4.78, 5) is 2.72. The summed E-state index contributed by atoms with van der Waals surface area (Å²) in [5, 5.41) is 9.50. The second-order valence-electron chi connectivity index (χ2n) is 6.94. The van der Waals surface area contributed by atoms with Gasteiger partial charge in [-0.1, -0.05) is 6.42 Å². The van der Waals surface area contributed by atoms with Crippen molar-refractivity contribution in [3.05, 3.63) is 0 Å². The SMILES string of the molecule is NC1(CO)CCCC1CCN(CC1CC1)C1CC1. The first-order valence-electron chi connectivity index (χ1n) is 7.85. The first-order valence-corrected chi connectivity index (χ1v) is 7.85. The normalized spacial score (nSPS) is 36.5. The monoisotopic (exact) mass is 252 g/mol. The smallest absolute Gasteiger partial charge is 0.0613 e. The zero-order valence-electron chi connectivity index (χ0n) is 11.5. The fourth-order valence-corrected chi connectivity index (χ4v) is 3.63. The molecule has 0 heterocycles. The van der Waals surface area contributed by atoms with Crippen LogP contribution in [0.5, 0.6) is 0 Å². The van der Waals surface area contributed by atoms with E-state index in [1.54, 1.807) is 0 Å². The van der Waals surface area contributed by atoms with Crippen LogP contribution in [0.4, 0.5) is 0 Å². The fourth-order valence-electron chi connectivity index (χ4n) is 3.63. The minimum atomic E-state index is -0.269. The van der Waals surface area contributed by atoms with E-state index < -0.39 is 0 Å². The van der Waals surface area contributed by atoms with Gasteiger partial charge in [0.05, 0.1) is 6.61 Å². The molecule has 3 rings (SSSR count). The first kappa shape index (κ1) is 12.9. The number of aliphatic hydroxyl groups is 1. The number of rotatable bonds is 7. The van der Waals surface area contributed by atoms with E-state index in [0.717, 1.165) is 18.4 Å². The summed E-state index contributed by atoms with van der Waals surface area (Å²) in [5.41, 5.74) is 6.06. The van der Waals surface area contributed by atoms with Crippen LogP contribution in [0.15, 0.2) is 0 Å². The lowest BCUT2D eigenvalue weighted by Gasteiger charge is -2.31. The van der Waals surface area contributed by atoms with Crippen LogP contribution in [0.25, 0.3) is 0 Å². The van der Waals surface area contributed by atoms with E-state index in [4.69, 9.17) is 5.73 Å². The molecule has 0 radical (unpaired) electrons. The molecule has 0 aromatic rings. The molecule has 3 saturated carbocycles. The molecule has 2 atom stereocenters. The zero-order valence-corrected chi connectivity index (χ0v) is 11.5. The molecular formula is C15H28N2O. The third-order valence-corrected chi connectivity index (χ3v) is 5.32. The van der Waals surface area contributed by atoms with E-state index in [1.165, 1.54) is 58.0 Å². The molecule has 3 N–H and O–H groups in total. The van der Waals surface area contributed by atoms with Gasteiger partial charge in [-0.3, -0.25) is 0 Å². The van der Waals surface area contributed by atoms with Gasteiger partial charge in [0.25, 0.3) is 0 Å². The summed E-state index contributed by atoms with van der Waals surface area (Å²) in [6.45, 7) is 2.71. The number of nitrogens with two attached hydrogens (primary N) is 1. The van der Waals surface area contributed by atoms with Gasteiger partial charge in [-0.15, -0.1) is 0 Å². The van der Waals surface area contributed by atoms with E-state index in [1.807, 2.05) is 0 Å². The standard InChI is InChI=1S/C15H28N2O/c16-15(11-18)8-1-2-13(15)7-9-17(14-5-6-14)10-12-3-4-12/h12-14,18H,1-11,16H2. The van der Waals surface area contributed by atoms with Crippen molar-refractivity contribution in [1.82, 2.24) is 4.90 Å². The van der Waals surface area contributed by atoms with E-state index in [2.05, 4.69) is 4.90 Å². The predicted molar refractivity (Wildman–Crippen MR) is 73.3 cm³/mol. The van der Waals surface area contributed by atoms with E-state index in [0.29, 0.717) is 5.92 Å². The van der Waals surface area contributed by atoms with Crippen LogP contribution < -0.4 is 5.73 Å². The maximum Gasteiger partial charge on any atom is 0.0613 e. The quantitative estimate of drug-likeness (QED) is 0.725. The molecule has 0 saturated heterocycles. The lowest BCUT2D eigenvalue weighted by Crippen LogP contribution is -2.48. The highest BCUT2D eigenvalue weighted by molar-refractivity contribution is 4.97. The van der Waals surface area contributed by atoms with Crippen molar-refractivity contribution in [1.29, 1.82) is 0 Å². The van der Waals surface area contributed by atoms with E-state index in [-0.39, 0.29) is 12.1 Å². The molecule has 0 aromatic heterocycles. The van der Waals surface area contributed by atoms with Gasteiger partial charge in [0.15, 0.2) is 0 Å². The van der Waals surface area contributed by atoms with E-state index >= 15 is 0 Å². The Labute approximate surface area is 111 Å². The molecule has 0 aromatic carbocycles. The number of hydrogen-bond acceptors (Lipinski definition) is 3. The van der Waals surface area contributed by atoms with Crippen LogP contribution in [0.1, 0.15) is 51.4 Å². The first-order chi connectivity index (χ1) is 8.71. The third kappa shape index (κ3) is 2.89. The van der Waals surface area contributed by atoms with Crippen LogP contribution in [-0.4, -0.2) is 41.3 Å². The van der Waals surface area contributed by atoms with Gasteiger partial charge in [-0.2, -0.15) is 0 Å². The van der Waals surface area contributed by atoms with Gasteiger partial charge in [-0.25, -0.2) is 0 Å². The number of aliphatic hydroxyl groups excluding tert-OH is 1. The van der Waals surface area contributed by atoms with Gasteiger partial charge in [0.1, 0.15) is 0 Å². The molecule has 3 aliphatic carbocycles. The number of nitrogens with zero attached hydrogens (tertiary/aromatic N) is 1. The summed E-state index contributed by atoms with van der Waals surface area (Å²) < 4.78 is 0. The number of hydrogen-bond donors (Lipinski definition) is 2. The van der Waals surface area contributed by atoms with Crippen molar-refractivity contribution in [2.24, 2.45) is 17.6 Å². The Morgan fingerprint density at radius 1 is 1.17 bits per heavy atom. The Balaban J connectivity index is 1.49. The lowest BCUT2D eigenvalue weighted by atomic mass is 9.86. The van der Waals surface area contributed by atoms with Crippen molar-refractivity contribution >= 4 is 0 Å². The Bertz CT molecular complexity index is 288. The summed E-state index contributed by atoms with van der Waals surface area (Å²) >= 11 is 0. The Morgan fingerprint density at radius 3 is 2.56 bits per heavy atom. The molecule has 3 fully saturated rings. The molecule has 104 valence electrons. The van der Waals surface area contributed by atoms with Crippen LogP contribution in [-0.2, 0) is 0 Å². The van der Waals surface area contributed by atoms with Gasteiger partial charge < -0.3 is 15.7 Å². The van der Waals surface area contributed by atoms with Crippen LogP contribution in [0, 0.1) is 11.8 Å². The Kier molecular flexibility index (Phi) is 3.65. The van der Waals surface area contributed by atoms with Crippen LogP contribution in [0.3, 0.4) is 0 Å². The third-order valence-electron chi connectivity index (χ3n) is 5.32. The summed E-state index contributed by atoms with van der Waals surface area (Å²) in [6, 6.07) is 0.883. The van der Waals surface area contributed by atoms with Crippen molar-refractivity contribution in [3.63, 3.8) is 0 Å². The summed E-state index contributed by atoms with van der Waals surface area (Å²) in [5.74, 6) is 1.54. The minimum absolute atomic E-state index is 0.170. The average Bonchev–Trinajstić information content (AvgIpc) is 3.24. The van der Waals surface area contributed by atoms with Crippen molar-refractivity contribution < 1.29 is 5.11 Å². The molecular weight excluding hydrogens is 224 g/mol. The molecule has 0 aliphatic heterocycles. The summed E-state index contributed by atoms with van der Waals surface area (Å²) in [6.07, 6.45) is 10.3. The largest absolute Gasteiger partial charge is 0.394 e. The van der Waals surface area contributed by atoms with Crippen molar-refractivity contribution in [2.45, 2.75) is 62.9 Å². The fraction of sp³-hybridized carbons (Fsp3) is 1.00. The molecule has 3 heteroatoms. The second kappa shape index (κ2) is 5.10. The predicted octanol–water partition coefficient (Wildman–Crippen LogP) is 1.74. The van der Waals surface area contributed by atoms with Gasteiger partial charge in [0.2, 0.25) is 0 Å². The van der Waals surface area contributed by atoms with Gasteiger partial charge in [0, 0.05) is 18.1 Å². The molecule has 0 spiro atoms. The Hall–Kier alpha value is -0.120. The van der Waals surface area contributed by atoms with Gasteiger partial charge >= 0.3 is 0 Å². The molecule has 2 unspecified atom stereocenters. The molecule has 0 bridgehead atoms. The van der Waals surface area contributed by atoms with E-state index in [9.17, 15) is 5.11 Å². The minimum Gasteiger partial charge on any atom is -0.394 e. The summed E-state index contributed by atoms with van der Waals surface area (Å²) in [7, 11) is 0. The molecule has 18 heavy (non-hydrogen) atoms. The Morgan fingerprint density at radius 2 is 1.94 bits per heavy atom. The highest BCUT2D eigenvalue weighted by atomic mass is 16.3. The van der Waals surface area contributed by atoms with Crippen LogP contribution in [0.2, 0.25) is 0 Å².